The Morgan fingerprint density at radius 2 is 1.89 bits per heavy atom. The van der Waals surface area contributed by atoms with Crippen molar-refractivity contribution in [3.63, 3.8) is 0 Å². The molecular weight excluding hydrogens is 359 g/mol. The molecule has 6 heteroatoms. The predicted molar refractivity (Wildman–Crippen MR) is 106 cm³/mol. The van der Waals surface area contributed by atoms with Crippen molar-refractivity contribution in [2.24, 2.45) is 0 Å². The van der Waals surface area contributed by atoms with Gasteiger partial charge in [0, 0.05) is 31.4 Å². The van der Waals surface area contributed by atoms with E-state index in [1.807, 2.05) is 31.0 Å². The standard InChI is InChI=1S/C22H25FN2O3/c1-3-25(19-8-10-28-11-9-19)24-22(27)20-12-16(5-4-15(20)2)17-6-7-18(14-26)21(23)13-17/h4-7,12-14,19H,3,8-11H2,1-2H3,(H,24,27). The number of aldehydes is 1. The van der Waals surface area contributed by atoms with E-state index < -0.39 is 5.82 Å². The van der Waals surface area contributed by atoms with Gasteiger partial charge in [-0.05, 0) is 54.7 Å². The number of nitrogens with one attached hydrogen (secondary N) is 1. The number of hydrazine groups is 1. The zero-order chi connectivity index (χ0) is 20.1. The van der Waals surface area contributed by atoms with Crippen molar-refractivity contribution in [2.45, 2.75) is 32.7 Å². The van der Waals surface area contributed by atoms with Crippen LogP contribution in [0.25, 0.3) is 11.1 Å². The Kier molecular flexibility index (Phi) is 6.54. The minimum atomic E-state index is -0.573. The number of carbonyl (C=O) groups excluding carboxylic acids is 2. The highest BCUT2D eigenvalue weighted by atomic mass is 19.1. The highest BCUT2D eigenvalue weighted by Gasteiger charge is 2.23. The lowest BCUT2D eigenvalue weighted by Gasteiger charge is -2.33. The van der Waals surface area contributed by atoms with E-state index in [1.165, 1.54) is 12.1 Å². The maximum atomic E-state index is 14.0. The van der Waals surface area contributed by atoms with Gasteiger partial charge in [-0.2, -0.15) is 0 Å². The lowest BCUT2D eigenvalue weighted by atomic mass is 9.98. The molecule has 5 nitrogen and oxygen atoms in total. The fraction of sp³-hybridized carbons (Fsp3) is 0.364. The normalized spacial score (nSPS) is 14.9. The average Bonchev–Trinajstić information content (AvgIpc) is 2.72. The Labute approximate surface area is 164 Å². The molecule has 0 aromatic heterocycles. The number of halogens is 1. The molecule has 1 saturated heterocycles. The van der Waals surface area contributed by atoms with Crippen molar-refractivity contribution in [2.75, 3.05) is 19.8 Å². The summed E-state index contributed by atoms with van der Waals surface area (Å²) in [4.78, 5) is 23.7. The summed E-state index contributed by atoms with van der Waals surface area (Å²) >= 11 is 0. The van der Waals surface area contributed by atoms with Crippen LogP contribution < -0.4 is 5.43 Å². The average molecular weight is 384 g/mol. The lowest BCUT2D eigenvalue weighted by Crippen LogP contribution is -2.50. The molecule has 1 aliphatic heterocycles. The molecule has 1 amide bonds. The van der Waals surface area contributed by atoms with E-state index in [0.29, 0.717) is 37.2 Å². The highest BCUT2D eigenvalue weighted by Crippen LogP contribution is 2.24. The van der Waals surface area contributed by atoms with Gasteiger partial charge in [0.15, 0.2) is 6.29 Å². The Morgan fingerprint density at radius 1 is 1.21 bits per heavy atom. The van der Waals surface area contributed by atoms with Crippen LogP contribution in [0.4, 0.5) is 4.39 Å². The molecular formula is C22H25FN2O3. The summed E-state index contributed by atoms with van der Waals surface area (Å²) < 4.78 is 19.4. The maximum Gasteiger partial charge on any atom is 0.265 e. The zero-order valence-electron chi connectivity index (χ0n) is 16.2. The smallest absolute Gasteiger partial charge is 0.265 e. The molecule has 0 bridgehead atoms. The number of rotatable bonds is 6. The molecule has 0 saturated carbocycles. The molecule has 0 spiro atoms. The van der Waals surface area contributed by atoms with Crippen LogP contribution in [-0.2, 0) is 4.74 Å². The third-order valence-electron chi connectivity index (χ3n) is 5.16. The van der Waals surface area contributed by atoms with Gasteiger partial charge in [-0.3, -0.25) is 15.0 Å². The third-order valence-corrected chi connectivity index (χ3v) is 5.16. The fourth-order valence-corrected chi connectivity index (χ4v) is 3.46. The van der Waals surface area contributed by atoms with Gasteiger partial charge >= 0.3 is 0 Å². The summed E-state index contributed by atoms with van der Waals surface area (Å²) in [7, 11) is 0. The van der Waals surface area contributed by atoms with Crippen molar-refractivity contribution >= 4 is 12.2 Å². The van der Waals surface area contributed by atoms with Crippen LogP contribution in [0, 0.1) is 12.7 Å². The fourth-order valence-electron chi connectivity index (χ4n) is 3.46. The first-order valence-corrected chi connectivity index (χ1v) is 9.54. The molecule has 0 radical (unpaired) electrons. The molecule has 1 fully saturated rings. The van der Waals surface area contributed by atoms with Crippen molar-refractivity contribution in [1.29, 1.82) is 0 Å². The van der Waals surface area contributed by atoms with E-state index in [2.05, 4.69) is 5.43 Å². The van der Waals surface area contributed by atoms with E-state index in [1.54, 1.807) is 12.1 Å². The summed E-state index contributed by atoms with van der Waals surface area (Å²) in [6, 6.07) is 10.2. The summed E-state index contributed by atoms with van der Waals surface area (Å²) in [5.41, 5.74) is 5.77. The van der Waals surface area contributed by atoms with Crippen molar-refractivity contribution in [1.82, 2.24) is 10.4 Å². The highest BCUT2D eigenvalue weighted by molar-refractivity contribution is 5.96. The monoisotopic (exact) mass is 384 g/mol. The molecule has 1 N–H and O–H groups in total. The SMILES string of the molecule is CCN(NC(=O)c1cc(-c2ccc(C=O)c(F)c2)ccc1C)C1CCOCC1. The van der Waals surface area contributed by atoms with Crippen LogP contribution in [0.2, 0.25) is 0 Å². The summed E-state index contributed by atoms with van der Waals surface area (Å²) in [5.74, 6) is -0.756. The van der Waals surface area contributed by atoms with Crippen LogP contribution in [0.15, 0.2) is 36.4 Å². The summed E-state index contributed by atoms with van der Waals surface area (Å²) in [6.07, 6.45) is 2.26. The molecule has 0 atom stereocenters. The van der Waals surface area contributed by atoms with Crippen LogP contribution in [0.1, 0.15) is 46.0 Å². The second-order valence-electron chi connectivity index (χ2n) is 6.95. The number of nitrogens with zero attached hydrogens (tertiary/aromatic N) is 1. The Hall–Kier alpha value is -2.57. The lowest BCUT2D eigenvalue weighted by molar-refractivity contribution is 0.0147. The molecule has 28 heavy (non-hydrogen) atoms. The van der Waals surface area contributed by atoms with Crippen LogP contribution >= 0.6 is 0 Å². The van der Waals surface area contributed by atoms with Gasteiger partial charge in [0.1, 0.15) is 5.82 Å². The summed E-state index contributed by atoms with van der Waals surface area (Å²) in [5, 5.41) is 1.97. The van der Waals surface area contributed by atoms with Crippen LogP contribution in [0.5, 0.6) is 0 Å². The van der Waals surface area contributed by atoms with Gasteiger partial charge in [0.05, 0.1) is 5.56 Å². The topological polar surface area (TPSA) is 58.6 Å². The number of amides is 1. The van der Waals surface area contributed by atoms with Crippen molar-refractivity contribution < 1.29 is 18.7 Å². The Bertz CT molecular complexity index is 863. The first kappa shape index (κ1) is 20.2. The van der Waals surface area contributed by atoms with Gasteiger partial charge in [-0.15, -0.1) is 0 Å². The van der Waals surface area contributed by atoms with Crippen molar-refractivity contribution in [3.05, 3.63) is 58.9 Å². The van der Waals surface area contributed by atoms with E-state index in [9.17, 15) is 14.0 Å². The molecule has 3 rings (SSSR count). The zero-order valence-corrected chi connectivity index (χ0v) is 16.2. The van der Waals surface area contributed by atoms with E-state index in [-0.39, 0.29) is 17.5 Å². The van der Waals surface area contributed by atoms with Gasteiger partial charge in [0.25, 0.3) is 5.91 Å². The third kappa shape index (κ3) is 4.46. The molecule has 2 aromatic carbocycles. The number of benzene rings is 2. The first-order chi connectivity index (χ1) is 13.5. The number of hydrogen-bond acceptors (Lipinski definition) is 4. The molecule has 0 aliphatic carbocycles. The summed E-state index contributed by atoms with van der Waals surface area (Å²) in [6.45, 7) is 5.99. The minimum Gasteiger partial charge on any atom is -0.381 e. The number of ether oxygens (including phenoxy) is 1. The largest absolute Gasteiger partial charge is 0.381 e. The molecule has 148 valence electrons. The van der Waals surface area contributed by atoms with Crippen LogP contribution in [0.3, 0.4) is 0 Å². The molecule has 0 unspecified atom stereocenters. The Morgan fingerprint density at radius 3 is 2.54 bits per heavy atom. The van der Waals surface area contributed by atoms with Crippen LogP contribution in [-0.4, -0.2) is 43.0 Å². The predicted octanol–water partition coefficient (Wildman–Crippen LogP) is 3.76. The Balaban J connectivity index is 1.83. The van der Waals surface area contributed by atoms with Gasteiger partial charge in [0.2, 0.25) is 0 Å². The number of hydrogen-bond donors (Lipinski definition) is 1. The second-order valence-corrected chi connectivity index (χ2v) is 6.95. The van der Waals surface area contributed by atoms with Gasteiger partial charge in [-0.25, -0.2) is 9.40 Å². The molecule has 2 aromatic rings. The first-order valence-electron chi connectivity index (χ1n) is 9.54. The van der Waals surface area contributed by atoms with Crippen molar-refractivity contribution in [3.8, 4) is 11.1 Å². The van der Waals surface area contributed by atoms with E-state index >= 15 is 0 Å². The minimum absolute atomic E-state index is 0.0175. The van der Waals surface area contributed by atoms with E-state index in [4.69, 9.17) is 4.74 Å². The quantitative estimate of drug-likeness (QED) is 0.609. The maximum absolute atomic E-state index is 14.0. The van der Waals surface area contributed by atoms with E-state index in [0.717, 1.165) is 24.0 Å². The van der Waals surface area contributed by atoms with Gasteiger partial charge in [-0.1, -0.05) is 25.1 Å². The molecule has 1 heterocycles. The molecule has 1 aliphatic rings. The van der Waals surface area contributed by atoms with Gasteiger partial charge < -0.3 is 4.74 Å². The number of carbonyl (C=O) groups is 2. The second kappa shape index (κ2) is 9.08. The number of aryl methyl sites for hydroxylation is 1.